The summed E-state index contributed by atoms with van der Waals surface area (Å²) in [5, 5.41) is 9.04. The van der Waals surface area contributed by atoms with Crippen LogP contribution >= 0.6 is 0 Å². The van der Waals surface area contributed by atoms with E-state index in [-0.39, 0.29) is 12.7 Å². The van der Waals surface area contributed by atoms with Gasteiger partial charge in [-0.25, -0.2) is 4.79 Å². The third-order valence-corrected chi connectivity index (χ3v) is 2.95. The van der Waals surface area contributed by atoms with Gasteiger partial charge in [-0.3, -0.25) is 0 Å². The van der Waals surface area contributed by atoms with Crippen molar-refractivity contribution in [1.29, 1.82) is 0 Å². The Morgan fingerprint density at radius 2 is 2.11 bits per heavy atom. The van der Waals surface area contributed by atoms with E-state index in [1.54, 1.807) is 4.90 Å². The maximum atomic E-state index is 12.0. The molecule has 1 aliphatic heterocycles. The molecular weight excluding hydrogens is 242 g/mol. The van der Waals surface area contributed by atoms with Crippen LogP contribution < -0.4 is 0 Å². The van der Waals surface area contributed by atoms with Gasteiger partial charge >= 0.3 is 6.09 Å². The van der Waals surface area contributed by atoms with Gasteiger partial charge in [-0.1, -0.05) is 11.6 Å². The molecular formula is C15H25NO3. The Morgan fingerprint density at radius 3 is 2.58 bits per heavy atom. The molecule has 0 radical (unpaired) electrons. The number of amides is 1. The fourth-order valence-corrected chi connectivity index (χ4v) is 1.96. The van der Waals surface area contributed by atoms with Crippen LogP contribution in [0.3, 0.4) is 0 Å². The zero-order chi connectivity index (χ0) is 14.6. The van der Waals surface area contributed by atoms with Crippen LogP contribution in [0.4, 0.5) is 4.79 Å². The molecule has 1 N–H and O–H groups in total. The molecule has 0 unspecified atom stereocenters. The Bertz CT molecular complexity index is 402. The Labute approximate surface area is 115 Å². The Kier molecular flexibility index (Phi) is 5.18. The first-order valence-corrected chi connectivity index (χ1v) is 6.67. The predicted octanol–water partition coefficient (Wildman–Crippen LogP) is 2.88. The van der Waals surface area contributed by atoms with Crippen molar-refractivity contribution >= 4 is 6.09 Å². The molecule has 4 heteroatoms. The number of rotatable bonds is 2. The lowest BCUT2D eigenvalue weighted by atomic mass is 9.99. The zero-order valence-electron chi connectivity index (χ0n) is 12.6. The van der Waals surface area contributed by atoms with Gasteiger partial charge in [0.1, 0.15) is 5.60 Å². The van der Waals surface area contributed by atoms with Crippen LogP contribution in [0.2, 0.25) is 0 Å². The lowest BCUT2D eigenvalue weighted by Crippen LogP contribution is -2.40. The molecule has 0 aromatic carbocycles. The highest BCUT2D eigenvalue weighted by Gasteiger charge is 2.25. The van der Waals surface area contributed by atoms with Crippen molar-refractivity contribution in [2.24, 2.45) is 0 Å². The summed E-state index contributed by atoms with van der Waals surface area (Å²) in [5.74, 6) is 0. The van der Waals surface area contributed by atoms with Crippen LogP contribution in [0.1, 0.15) is 41.0 Å². The van der Waals surface area contributed by atoms with E-state index >= 15 is 0 Å². The summed E-state index contributed by atoms with van der Waals surface area (Å²) < 4.78 is 5.37. The molecule has 0 aliphatic carbocycles. The zero-order valence-corrected chi connectivity index (χ0v) is 12.6. The maximum absolute atomic E-state index is 12.0. The second-order valence-corrected chi connectivity index (χ2v) is 6.11. The molecule has 0 saturated carbocycles. The maximum Gasteiger partial charge on any atom is 0.410 e. The fraction of sp³-hybridized carbons (Fsp3) is 0.667. The van der Waals surface area contributed by atoms with Crippen molar-refractivity contribution in [3.05, 3.63) is 22.8 Å². The van der Waals surface area contributed by atoms with Crippen LogP contribution in [0, 0.1) is 0 Å². The Balaban J connectivity index is 2.71. The van der Waals surface area contributed by atoms with Gasteiger partial charge in [0.15, 0.2) is 0 Å². The summed E-state index contributed by atoms with van der Waals surface area (Å²) in [4.78, 5) is 13.7. The average Bonchev–Trinajstić information content (AvgIpc) is 2.29. The normalized spacial score (nSPS) is 17.8. The second kappa shape index (κ2) is 6.24. The smallest absolute Gasteiger partial charge is 0.410 e. The summed E-state index contributed by atoms with van der Waals surface area (Å²) in [6, 6.07) is 0. The van der Waals surface area contributed by atoms with Gasteiger partial charge in [0, 0.05) is 13.1 Å². The molecule has 4 nitrogen and oxygen atoms in total. The standard InChI is InChI=1S/C15H25NO3/c1-11(10-17)8-13-6-7-16(9-12(13)2)14(18)19-15(3,4)5/h8,17H,6-7,9-10H2,1-5H3/b11-8+. The van der Waals surface area contributed by atoms with Gasteiger partial charge in [-0.15, -0.1) is 0 Å². The molecule has 1 aliphatic rings. The minimum atomic E-state index is -0.456. The minimum absolute atomic E-state index is 0.0760. The third-order valence-electron chi connectivity index (χ3n) is 2.95. The first kappa shape index (κ1) is 15.8. The van der Waals surface area contributed by atoms with Gasteiger partial charge in [0.2, 0.25) is 0 Å². The Hall–Kier alpha value is -1.29. The van der Waals surface area contributed by atoms with E-state index in [2.05, 4.69) is 0 Å². The number of allylic oxidation sites excluding steroid dienone is 1. The van der Waals surface area contributed by atoms with Crippen LogP contribution in [0.15, 0.2) is 22.8 Å². The van der Waals surface area contributed by atoms with Gasteiger partial charge < -0.3 is 14.7 Å². The number of hydrogen-bond donors (Lipinski definition) is 1. The Morgan fingerprint density at radius 1 is 1.47 bits per heavy atom. The van der Waals surface area contributed by atoms with Crippen LogP contribution in [0.25, 0.3) is 0 Å². The highest BCUT2D eigenvalue weighted by atomic mass is 16.6. The topological polar surface area (TPSA) is 49.8 Å². The van der Waals surface area contributed by atoms with Crippen LogP contribution in [-0.4, -0.2) is 41.4 Å². The van der Waals surface area contributed by atoms with Crippen molar-refractivity contribution in [2.75, 3.05) is 19.7 Å². The summed E-state index contributed by atoms with van der Waals surface area (Å²) >= 11 is 0. The molecule has 1 heterocycles. The molecule has 1 rings (SSSR count). The third kappa shape index (κ3) is 5.07. The predicted molar refractivity (Wildman–Crippen MR) is 76.0 cm³/mol. The number of aliphatic hydroxyl groups excluding tert-OH is 1. The first-order chi connectivity index (χ1) is 8.73. The average molecular weight is 267 g/mol. The van der Waals surface area contributed by atoms with E-state index in [4.69, 9.17) is 9.84 Å². The number of carbonyl (C=O) groups excluding carboxylic acids is 1. The summed E-state index contributed by atoms with van der Waals surface area (Å²) in [6.07, 6.45) is 2.57. The van der Waals surface area contributed by atoms with E-state index in [1.165, 1.54) is 5.57 Å². The number of hydrogen-bond acceptors (Lipinski definition) is 3. The highest BCUT2D eigenvalue weighted by molar-refractivity contribution is 5.69. The molecule has 0 aromatic rings. The largest absolute Gasteiger partial charge is 0.444 e. The summed E-state index contributed by atoms with van der Waals surface area (Å²) in [6.45, 7) is 10.9. The van der Waals surface area contributed by atoms with Crippen molar-refractivity contribution in [3.8, 4) is 0 Å². The minimum Gasteiger partial charge on any atom is -0.444 e. The molecule has 0 saturated heterocycles. The van der Waals surface area contributed by atoms with Crippen molar-refractivity contribution < 1.29 is 14.6 Å². The molecule has 19 heavy (non-hydrogen) atoms. The highest BCUT2D eigenvalue weighted by Crippen LogP contribution is 2.21. The van der Waals surface area contributed by atoms with Crippen molar-refractivity contribution in [3.63, 3.8) is 0 Å². The number of carbonyl (C=O) groups is 1. The lowest BCUT2D eigenvalue weighted by Gasteiger charge is -2.31. The van der Waals surface area contributed by atoms with Gasteiger partial charge in [-0.05, 0) is 52.2 Å². The van der Waals surface area contributed by atoms with E-state index in [1.807, 2.05) is 40.7 Å². The molecule has 108 valence electrons. The molecule has 0 spiro atoms. The summed E-state index contributed by atoms with van der Waals surface area (Å²) in [5.41, 5.74) is 2.86. The van der Waals surface area contributed by atoms with Crippen molar-refractivity contribution in [2.45, 2.75) is 46.6 Å². The number of aliphatic hydroxyl groups is 1. The second-order valence-electron chi connectivity index (χ2n) is 6.11. The molecule has 0 aromatic heterocycles. The van der Waals surface area contributed by atoms with E-state index in [0.717, 1.165) is 17.6 Å². The molecule has 0 atom stereocenters. The molecule has 1 amide bonds. The number of nitrogens with zero attached hydrogens (tertiary/aromatic N) is 1. The molecule has 0 bridgehead atoms. The fourth-order valence-electron chi connectivity index (χ4n) is 1.96. The monoisotopic (exact) mass is 267 g/mol. The van der Waals surface area contributed by atoms with E-state index < -0.39 is 5.60 Å². The van der Waals surface area contributed by atoms with Gasteiger partial charge in [-0.2, -0.15) is 0 Å². The van der Waals surface area contributed by atoms with E-state index in [9.17, 15) is 4.79 Å². The van der Waals surface area contributed by atoms with Gasteiger partial charge in [0.25, 0.3) is 0 Å². The first-order valence-electron chi connectivity index (χ1n) is 6.67. The van der Waals surface area contributed by atoms with Gasteiger partial charge in [0.05, 0.1) is 6.61 Å². The van der Waals surface area contributed by atoms with E-state index in [0.29, 0.717) is 13.1 Å². The lowest BCUT2D eigenvalue weighted by molar-refractivity contribution is 0.0260. The number of ether oxygens (including phenoxy) is 1. The SMILES string of the molecule is CC1=C(/C=C(\C)CO)CCN(C(=O)OC(C)(C)C)C1. The van der Waals surface area contributed by atoms with Crippen LogP contribution in [0.5, 0.6) is 0 Å². The van der Waals surface area contributed by atoms with Crippen molar-refractivity contribution in [1.82, 2.24) is 4.90 Å². The van der Waals surface area contributed by atoms with Crippen LogP contribution in [-0.2, 0) is 4.74 Å². The quantitative estimate of drug-likeness (QED) is 0.837. The summed E-state index contributed by atoms with van der Waals surface area (Å²) in [7, 11) is 0. The molecule has 0 fully saturated rings.